The zero-order valence-electron chi connectivity index (χ0n) is 14.4. The molecule has 4 rings (SSSR count). The lowest BCUT2D eigenvalue weighted by atomic mass is 9.96. The second kappa shape index (κ2) is 6.92. The van der Waals surface area contributed by atoms with E-state index in [1.165, 1.54) is 0 Å². The number of fused-ring (bicyclic) bond motifs is 1. The van der Waals surface area contributed by atoms with Crippen molar-refractivity contribution in [3.63, 3.8) is 0 Å². The third kappa shape index (κ3) is 3.35. The highest BCUT2D eigenvalue weighted by Crippen LogP contribution is 2.29. The van der Waals surface area contributed by atoms with Crippen LogP contribution in [0, 0.1) is 5.92 Å². The molecule has 0 spiro atoms. The summed E-state index contributed by atoms with van der Waals surface area (Å²) in [5, 5.41) is 20.4. The van der Waals surface area contributed by atoms with Gasteiger partial charge in [0.15, 0.2) is 0 Å². The third-order valence-corrected chi connectivity index (χ3v) is 5.24. The zero-order chi connectivity index (χ0) is 18.1. The van der Waals surface area contributed by atoms with Gasteiger partial charge in [0, 0.05) is 36.6 Å². The lowest BCUT2D eigenvalue weighted by Gasteiger charge is -2.21. The van der Waals surface area contributed by atoms with E-state index in [0.29, 0.717) is 30.5 Å². The maximum atomic E-state index is 12.8. The molecule has 26 heavy (non-hydrogen) atoms. The molecule has 2 aromatic rings. The van der Waals surface area contributed by atoms with E-state index in [-0.39, 0.29) is 23.8 Å². The topological polar surface area (TPSA) is 96.2 Å². The largest absolute Gasteiger partial charge is 0.391 e. The maximum absolute atomic E-state index is 12.8. The smallest absolute Gasteiger partial charge is 0.251 e. The van der Waals surface area contributed by atoms with Crippen LogP contribution in [0.3, 0.4) is 0 Å². The molecule has 0 radical (unpaired) electrons. The first-order valence-electron chi connectivity index (χ1n) is 8.98. The van der Waals surface area contributed by atoms with E-state index in [1.807, 2.05) is 23.0 Å². The van der Waals surface area contributed by atoms with E-state index in [2.05, 4.69) is 15.7 Å². The van der Waals surface area contributed by atoms with Crippen molar-refractivity contribution in [1.29, 1.82) is 0 Å². The van der Waals surface area contributed by atoms with Crippen LogP contribution in [0.25, 0.3) is 0 Å². The van der Waals surface area contributed by atoms with E-state index < -0.39 is 6.10 Å². The Labute approximate surface area is 151 Å². The quantitative estimate of drug-likeness (QED) is 0.772. The molecule has 3 N–H and O–H groups in total. The fourth-order valence-corrected chi connectivity index (χ4v) is 3.98. The lowest BCUT2D eigenvalue weighted by molar-refractivity contribution is -0.116. The molecule has 1 fully saturated rings. The normalized spacial score (nSPS) is 24.8. The highest BCUT2D eigenvalue weighted by atomic mass is 16.3. The van der Waals surface area contributed by atoms with Crippen molar-refractivity contribution < 1.29 is 14.7 Å². The van der Waals surface area contributed by atoms with Gasteiger partial charge in [0.25, 0.3) is 5.91 Å². The molecule has 7 nitrogen and oxygen atoms in total. The van der Waals surface area contributed by atoms with Gasteiger partial charge in [-0.2, -0.15) is 5.10 Å². The number of aliphatic hydroxyl groups excluding tert-OH is 1. The number of benzene rings is 1. The Morgan fingerprint density at radius 2 is 2.19 bits per heavy atom. The molecule has 2 amide bonds. The van der Waals surface area contributed by atoms with Crippen LogP contribution in [-0.4, -0.2) is 38.8 Å². The first-order chi connectivity index (χ1) is 12.6. The summed E-state index contributed by atoms with van der Waals surface area (Å²) in [6.45, 7) is 0.739. The van der Waals surface area contributed by atoms with Crippen molar-refractivity contribution in [1.82, 2.24) is 15.1 Å². The molecule has 7 heteroatoms. The number of carbonyl (C=O) groups excluding carboxylic acids is 2. The maximum Gasteiger partial charge on any atom is 0.251 e. The average Bonchev–Trinajstić information content (AvgIpc) is 3.24. The standard InChI is InChI=1S/C19H22N4O3/c24-17-10-12(11-23-8-2-7-20-23)9-16(17)22-19(26)14-3-1-4-15-13(14)5-6-18(25)21-15/h1-4,7-8,12,16-17,24H,5-6,9-11H2,(H,21,25)(H,22,26)/t12?,16-,17-/m1/s1. The van der Waals surface area contributed by atoms with E-state index >= 15 is 0 Å². The van der Waals surface area contributed by atoms with Gasteiger partial charge in [-0.1, -0.05) is 6.07 Å². The number of rotatable bonds is 4. The Morgan fingerprint density at radius 3 is 3.00 bits per heavy atom. The number of nitrogens with one attached hydrogen (secondary N) is 2. The fourth-order valence-electron chi connectivity index (χ4n) is 3.98. The van der Waals surface area contributed by atoms with Crippen molar-refractivity contribution in [2.45, 2.75) is 44.4 Å². The molecule has 1 unspecified atom stereocenters. The van der Waals surface area contributed by atoms with Crippen molar-refractivity contribution in [2.24, 2.45) is 5.92 Å². The molecule has 2 heterocycles. The second-order valence-corrected chi connectivity index (χ2v) is 7.09. The van der Waals surface area contributed by atoms with Gasteiger partial charge in [0.05, 0.1) is 12.1 Å². The van der Waals surface area contributed by atoms with Crippen molar-refractivity contribution in [2.75, 3.05) is 5.32 Å². The first kappa shape index (κ1) is 16.8. The van der Waals surface area contributed by atoms with Crippen LogP contribution in [0.4, 0.5) is 5.69 Å². The number of carbonyl (C=O) groups is 2. The number of nitrogens with zero attached hydrogens (tertiary/aromatic N) is 2. The van der Waals surface area contributed by atoms with Crippen LogP contribution in [0.1, 0.15) is 35.2 Å². The predicted molar refractivity (Wildman–Crippen MR) is 95.6 cm³/mol. The van der Waals surface area contributed by atoms with Crippen molar-refractivity contribution in [3.8, 4) is 0 Å². The number of hydrogen-bond donors (Lipinski definition) is 3. The van der Waals surface area contributed by atoms with E-state index in [0.717, 1.165) is 18.5 Å². The lowest BCUT2D eigenvalue weighted by Crippen LogP contribution is -2.40. The van der Waals surface area contributed by atoms with E-state index in [1.54, 1.807) is 18.3 Å². The Kier molecular flexibility index (Phi) is 4.46. The molecule has 0 bridgehead atoms. The van der Waals surface area contributed by atoms with Gasteiger partial charge in [0.1, 0.15) is 0 Å². The molecular weight excluding hydrogens is 332 g/mol. The van der Waals surface area contributed by atoms with Crippen LogP contribution in [0.5, 0.6) is 0 Å². The summed E-state index contributed by atoms with van der Waals surface area (Å²) in [6.07, 6.45) is 5.39. The number of aromatic nitrogens is 2. The average molecular weight is 354 g/mol. The molecule has 136 valence electrons. The highest BCUT2D eigenvalue weighted by molar-refractivity contribution is 6.01. The van der Waals surface area contributed by atoms with Gasteiger partial charge in [-0.15, -0.1) is 0 Å². The summed E-state index contributed by atoms with van der Waals surface area (Å²) < 4.78 is 1.86. The molecule has 1 aromatic heterocycles. The van der Waals surface area contributed by atoms with E-state index in [9.17, 15) is 14.7 Å². The molecule has 2 aliphatic rings. The predicted octanol–water partition coefficient (Wildman–Crippen LogP) is 1.34. The van der Waals surface area contributed by atoms with Crippen molar-refractivity contribution >= 4 is 17.5 Å². The number of aliphatic hydroxyl groups is 1. The Bertz CT molecular complexity index is 818. The minimum Gasteiger partial charge on any atom is -0.391 e. The summed E-state index contributed by atoms with van der Waals surface area (Å²) in [5.41, 5.74) is 2.15. The van der Waals surface area contributed by atoms with Gasteiger partial charge in [-0.05, 0) is 48.9 Å². The SMILES string of the molecule is O=C1CCc2c(cccc2C(=O)N[C@@H]2CC(Cn3cccn3)C[C@H]2O)N1. The second-order valence-electron chi connectivity index (χ2n) is 7.09. The summed E-state index contributed by atoms with van der Waals surface area (Å²) >= 11 is 0. The van der Waals surface area contributed by atoms with Crippen LogP contribution in [0.2, 0.25) is 0 Å². The van der Waals surface area contributed by atoms with Crippen LogP contribution < -0.4 is 10.6 Å². The molecule has 1 aliphatic carbocycles. The summed E-state index contributed by atoms with van der Waals surface area (Å²) in [7, 11) is 0. The number of anilines is 1. The molecule has 3 atom stereocenters. The minimum atomic E-state index is -0.557. The summed E-state index contributed by atoms with van der Waals surface area (Å²) in [4.78, 5) is 24.3. The number of amides is 2. The Morgan fingerprint density at radius 1 is 1.31 bits per heavy atom. The first-order valence-corrected chi connectivity index (χ1v) is 8.98. The summed E-state index contributed by atoms with van der Waals surface area (Å²) in [5.74, 6) is 0.0590. The number of hydrogen-bond acceptors (Lipinski definition) is 4. The summed E-state index contributed by atoms with van der Waals surface area (Å²) in [6, 6.07) is 6.96. The highest BCUT2D eigenvalue weighted by Gasteiger charge is 2.35. The molecule has 1 aromatic carbocycles. The van der Waals surface area contributed by atoms with Gasteiger partial charge in [0.2, 0.25) is 5.91 Å². The monoisotopic (exact) mass is 354 g/mol. The third-order valence-electron chi connectivity index (χ3n) is 5.24. The van der Waals surface area contributed by atoms with Gasteiger partial charge >= 0.3 is 0 Å². The Hall–Kier alpha value is -2.67. The minimum absolute atomic E-state index is 0.0252. The molecule has 1 aliphatic heterocycles. The van der Waals surface area contributed by atoms with Gasteiger partial charge in [-0.3, -0.25) is 14.3 Å². The van der Waals surface area contributed by atoms with Crippen molar-refractivity contribution in [3.05, 3.63) is 47.8 Å². The zero-order valence-corrected chi connectivity index (χ0v) is 14.4. The van der Waals surface area contributed by atoms with E-state index in [4.69, 9.17) is 0 Å². The fraction of sp³-hybridized carbons (Fsp3) is 0.421. The van der Waals surface area contributed by atoms with Gasteiger partial charge in [-0.25, -0.2) is 0 Å². The molecule has 1 saturated carbocycles. The van der Waals surface area contributed by atoms with Crippen LogP contribution in [0.15, 0.2) is 36.7 Å². The molecular formula is C19H22N4O3. The van der Waals surface area contributed by atoms with Crippen LogP contribution in [-0.2, 0) is 17.8 Å². The Balaban J connectivity index is 1.44. The molecule has 0 saturated heterocycles. The van der Waals surface area contributed by atoms with Gasteiger partial charge < -0.3 is 15.7 Å². The van der Waals surface area contributed by atoms with Crippen LogP contribution >= 0.6 is 0 Å².